The Balaban J connectivity index is 2.06. The van der Waals surface area contributed by atoms with E-state index in [4.69, 9.17) is 10.5 Å². The van der Waals surface area contributed by atoms with Gasteiger partial charge >= 0.3 is 0 Å². The second-order valence-corrected chi connectivity index (χ2v) is 5.43. The number of phenols is 1. The highest BCUT2D eigenvalue weighted by Gasteiger charge is 2.20. The van der Waals surface area contributed by atoms with Crippen LogP contribution < -0.4 is 15.8 Å². The molecule has 1 saturated heterocycles. The number of anilines is 1. The van der Waals surface area contributed by atoms with Crippen LogP contribution >= 0.6 is 0 Å². The van der Waals surface area contributed by atoms with E-state index in [0.29, 0.717) is 22.9 Å². The van der Waals surface area contributed by atoms with E-state index in [-0.39, 0.29) is 11.7 Å². The highest BCUT2D eigenvalue weighted by Crippen LogP contribution is 2.37. The molecular weight excluding hydrogens is 280 g/mol. The van der Waals surface area contributed by atoms with E-state index in [9.17, 15) is 5.11 Å². The van der Waals surface area contributed by atoms with Gasteiger partial charge in [0.2, 0.25) is 5.95 Å². The molecule has 0 bridgehead atoms. The molecule has 1 aliphatic rings. The molecule has 22 heavy (non-hydrogen) atoms. The second-order valence-electron chi connectivity index (χ2n) is 5.43. The Hall–Kier alpha value is -2.34. The second kappa shape index (κ2) is 6.19. The summed E-state index contributed by atoms with van der Waals surface area (Å²) < 4.78 is 5.33. The number of rotatable bonds is 3. The number of phenolic OH excluding ortho intramolecular Hbond substituents is 1. The van der Waals surface area contributed by atoms with Gasteiger partial charge in [-0.05, 0) is 37.6 Å². The number of aromatic hydroxyl groups is 1. The van der Waals surface area contributed by atoms with Crippen molar-refractivity contribution in [2.45, 2.75) is 18.8 Å². The normalized spacial score (nSPS) is 18.1. The molecule has 1 aliphatic heterocycles. The van der Waals surface area contributed by atoms with E-state index >= 15 is 0 Å². The van der Waals surface area contributed by atoms with E-state index in [1.165, 1.54) is 0 Å². The van der Waals surface area contributed by atoms with Crippen molar-refractivity contribution in [1.29, 1.82) is 0 Å². The van der Waals surface area contributed by atoms with Gasteiger partial charge in [-0.2, -0.15) is 0 Å². The predicted octanol–water partition coefficient (Wildman–Crippen LogP) is 1.91. The topological polar surface area (TPSA) is 93.3 Å². The number of benzene rings is 1. The van der Waals surface area contributed by atoms with Crippen molar-refractivity contribution in [3.63, 3.8) is 0 Å². The molecule has 1 fully saturated rings. The molecule has 2 heterocycles. The van der Waals surface area contributed by atoms with Crippen molar-refractivity contribution in [2.24, 2.45) is 0 Å². The maximum atomic E-state index is 10.2. The summed E-state index contributed by atoms with van der Waals surface area (Å²) in [6, 6.07) is 7.02. The van der Waals surface area contributed by atoms with E-state index < -0.39 is 0 Å². The largest absolute Gasteiger partial charge is 0.507 e. The third kappa shape index (κ3) is 2.82. The number of nitrogens with zero attached hydrogens (tertiary/aromatic N) is 2. The molecule has 3 rings (SSSR count). The third-order valence-electron chi connectivity index (χ3n) is 3.96. The van der Waals surface area contributed by atoms with Crippen molar-refractivity contribution >= 4 is 5.95 Å². The molecular formula is C16H20N4O2. The molecule has 1 aromatic carbocycles. The summed E-state index contributed by atoms with van der Waals surface area (Å²) >= 11 is 0. The van der Waals surface area contributed by atoms with Crippen LogP contribution in [0.1, 0.15) is 24.5 Å². The number of methoxy groups -OCH3 is 1. The molecule has 1 unspecified atom stereocenters. The van der Waals surface area contributed by atoms with Gasteiger partial charge < -0.3 is 20.9 Å². The highest BCUT2D eigenvalue weighted by molar-refractivity contribution is 5.74. The number of nitrogen functional groups attached to an aromatic ring is 1. The fraction of sp³-hybridized carbons (Fsp3) is 0.375. The first-order valence-corrected chi connectivity index (χ1v) is 7.40. The van der Waals surface area contributed by atoms with Gasteiger partial charge in [-0.1, -0.05) is 6.07 Å². The van der Waals surface area contributed by atoms with Crippen molar-refractivity contribution in [3.8, 4) is 22.8 Å². The molecule has 6 nitrogen and oxygen atoms in total. The average molecular weight is 300 g/mol. The minimum absolute atomic E-state index is 0.116. The van der Waals surface area contributed by atoms with Gasteiger partial charge in [0.1, 0.15) is 11.5 Å². The summed E-state index contributed by atoms with van der Waals surface area (Å²) in [7, 11) is 1.56. The van der Waals surface area contributed by atoms with Gasteiger partial charge in [-0.3, -0.25) is 0 Å². The number of piperidine rings is 1. The van der Waals surface area contributed by atoms with Gasteiger partial charge in [0.05, 0.1) is 24.1 Å². The first kappa shape index (κ1) is 14.6. The first-order chi connectivity index (χ1) is 10.7. The zero-order valence-electron chi connectivity index (χ0n) is 12.5. The van der Waals surface area contributed by atoms with Gasteiger partial charge in [0.25, 0.3) is 0 Å². The van der Waals surface area contributed by atoms with E-state index in [0.717, 1.165) is 31.6 Å². The lowest BCUT2D eigenvalue weighted by Crippen LogP contribution is -2.29. The Kier molecular flexibility index (Phi) is 4.11. The summed E-state index contributed by atoms with van der Waals surface area (Å²) in [6.07, 6.45) is 2.19. The molecule has 0 spiro atoms. The Bertz CT molecular complexity index is 669. The van der Waals surface area contributed by atoms with Crippen molar-refractivity contribution < 1.29 is 9.84 Å². The summed E-state index contributed by atoms with van der Waals surface area (Å²) in [6.45, 7) is 1.92. The number of nitrogens with two attached hydrogens (primary N) is 1. The maximum Gasteiger partial charge on any atom is 0.220 e. The third-order valence-corrected chi connectivity index (χ3v) is 3.96. The Morgan fingerprint density at radius 2 is 2.23 bits per heavy atom. The molecule has 0 radical (unpaired) electrons. The maximum absolute atomic E-state index is 10.2. The molecule has 0 amide bonds. The van der Waals surface area contributed by atoms with Crippen LogP contribution in [-0.4, -0.2) is 35.3 Å². The highest BCUT2D eigenvalue weighted by atomic mass is 16.5. The number of hydrogen-bond donors (Lipinski definition) is 3. The monoisotopic (exact) mass is 300 g/mol. The van der Waals surface area contributed by atoms with Crippen LogP contribution in [0.5, 0.6) is 11.5 Å². The van der Waals surface area contributed by atoms with Crippen molar-refractivity contribution in [3.05, 3.63) is 30.0 Å². The van der Waals surface area contributed by atoms with Gasteiger partial charge in [0.15, 0.2) is 0 Å². The lowest BCUT2D eigenvalue weighted by atomic mass is 9.95. The zero-order chi connectivity index (χ0) is 15.5. The van der Waals surface area contributed by atoms with Gasteiger partial charge in [0, 0.05) is 12.5 Å². The first-order valence-electron chi connectivity index (χ1n) is 7.40. The van der Waals surface area contributed by atoms with Crippen LogP contribution in [0, 0.1) is 0 Å². The van der Waals surface area contributed by atoms with Crippen molar-refractivity contribution in [1.82, 2.24) is 15.3 Å². The molecule has 0 saturated carbocycles. The molecule has 6 heteroatoms. The zero-order valence-corrected chi connectivity index (χ0v) is 12.5. The smallest absolute Gasteiger partial charge is 0.220 e. The molecule has 4 N–H and O–H groups in total. The Morgan fingerprint density at radius 3 is 2.95 bits per heavy atom. The standard InChI is InChI=1S/C16H20N4O2/c1-22-14-6-2-5-13(21)15(14)12-8-11(19-16(17)20-12)10-4-3-7-18-9-10/h2,5-6,8,10,18,21H,3-4,7,9H2,1H3,(H2,17,19,20). The minimum atomic E-state index is 0.116. The SMILES string of the molecule is COc1cccc(O)c1-c1cc(C2CCCNC2)nc(N)n1. The van der Waals surface area contributed by atoms with Gasteiger partial charge in [-0.15, -0.1) is 0 Å². The predicted molar refractivity (Wildman–Crippen MR) is 84.9 cm³/mol. The lowest BCUT2D eigenvalue weighted by Gasteiger charge is -2.22. The van der Waals surface area contributed by atoms with Crippen LogP contribution in [0.2, 0.25) is 0 Å². The van der Waals surface area contributed by atoms with E-state index in [2.05, 4.69) is 15.3 Å². The van der Waals surface area contributed by atoms with E-state index in [1.54, 1.807) is 25.3 Å². The number of aromatic nitrogens is 2. The number of hydrogen-bond acceptors (Lipinski definition) is 6. The molecule has 1 aromatic heterocycles. The van der Waals surface area contributed by atoms with E-state index in [1.807, 2.05) is 6.07 Å². The number of ether oxygens (including phenoxy) is 1. The Morgan fingerprint density at radius 1 is 1.36 bits per heavy atom. The summed E-state index contributed by atoms with van der Waals surface area (Å²) in [4.78, 5) is 8.65. The quantitative estimate of drug-likeness (QED) is 0.801. The fourth-order valence-corrected chi connectivity index (χ4v) is 2.87. The molecule has 116 valence electrons. The molecule has 0 aliphatic carbocycles. The summed E-state index contributed by atoms with van der Waals surface area (Å²) in [5, 5.41) is 13.5. The number of nitrogens with one attached hydrogen (secondary N) is 1. The van der Waals surface area contributed by atoms with Crippen LogP contribution in [0.15, 0.2) is 24.3 Å². The van der Waals surface area contributed by atoms with Crippen LogP contribution in [0.3, 0.4) is 0 Å². The van der Waals surface area contributed by atoms with Crippen LogP contribution in [-0.2, 0) is 0 Å². The fourth-order valence-electron chi connectivity index (χ4n) is 2.87. The van der Waals surface area contributed by atoms with Gasteiger partial charge in [-0.25, -0.2) is 9.97 Å². The summed E-state index contributed by atoms with van der Waals surface area (Å²) in [5.41, 5.74) is 7.91. The minimum Gasteiger partial charge on any atom is -0.507 e. The molecule has 1 atom stereocenters. The molecule has 2 aromatic rings. The average Bonchev–Trinajstić information content (AvgIpc) is 2.54. The van der Waals surface area contributed by atoms with Crippen LogP contribution in [0.25, 0.3) is 11.3 Å². The van der Waals surface area contributed by atoms with Crippen LogP contribution in [0.4, 0.5) is 5.95 Å². The van der Waals surface area contributed by atoms with Crippen molar-refractivity contribution in [2.75, 3.05) is 25.9 Å². The summed E-state index contributed by atoms with van der Waals surface area (Å²) in [5.74, 6) is 1.20. The lowest BCUT2D eigenvalue weighted by molar-refractivity contribution is 0.410. The Labute approximate surface area is 129 Å².